The maximum Gasteiger partial charge on any atom is 0.321 e. The molecular weight excluding hydrogens is 232 g/mol. The van der Waals surface area contributed by atoms with Crippen molar-refractivity contribution in [2.45, 2.75) is 6.92 Å². The molecule has 0 radical (unpaired) electrons. The largest absolute Gasteiger partial charge is 0.467 e. The van der Waals surface area contributed by atoms with Crippen LogP contribution in [0, 0.1) is 0 Å². The van der Waals surface area contributed by atoms with E-state index in [1.54, 1.807) is 24.3 Å². The first kappa shape index (κ1) is 12.0. The quantitative estimate of drug-likeness (QED) is 0.819. The SMILES string of the molecule is COc1nc(N)nc(-c2cccc(C(C)=O)c2)n1. The molecule has 0 aliphatic rings. The van der Waals surface area contributed by atoms with Gasteiger partial charge in [0, 0.05) is 11.1 Å². The van der Waals surface area contributed by atoms with E-state index in [1.165, 1.54) is 14.0 Å². The van der Waals surface area contributed by atoms with Crippen molar-refractivity contribution < 1.29 is 9.53 Å². The molecule has 0 atom stereocenters. The summed E-state index contributed by atoms with van der Waals surface area (Å²) in [5.41, 5.74) is 6.84. The molecule has 0 saturated carbocycles. The number of ether oxygens (including phenoxy) is 1. The van der Waals surface area contributed by atoms with E-state index >= 15 is 0 Å². The highest BCUT2D eigenvalue weighted by Gasteiger charge is 2.08. The molecule has 0 amide bonds. The molecule has 2 rings (SSSR count). The number of hydrogen-bond donors (Lipinski definition) is 1. The van der Waals surface area contributed by atoms with E-state index in [2.05, 4.69) is 15.0 Å². The average Bonchev–Trinajstić information content (AvgIpc) is 2.38. The van der Waals surface area contributed by atoms with Crippen molar-refractivity contribution >= 4 is 11.7 Å². The summed E-state index contributed by atoms with van der Waals surface area (Å²) in [7, 11) is 1.45. The number of ketones is 1. The molecule has 1 aromatic carbocycles. The predicted molar refractivity (Wildman–Crippen MR) is 66.2 cm³/mol. The van der Waals surface area contributed by atoms with Crippen LogP contribution in [-0.2, 0) is 0 Å². The van der Waals surface area contributed by atoms with Crippen LogP contribution >= 0.6 is 0 Å². The zero-order valence-electron chi connectivity index (χ0n) is 10.0. The fourth-order valence-electron chi connectivity index (χ4n) is 1.47. The number of carbonyl (C=O) groups excluding carboxylic acids is 1. The second-order valence-corrected chi connectivity index (χ2v) is 3.64. The first-order valence-electron chi connectivity index (χ1n) is 5.27. The lowest BCUT2D eigenvalue weighted by molar-refractivity contribution is 0.101. The third-order valence-electron chi connectivity index (χ3n) is 2.34. The second-order valence-electron chi connectivity index (χ2n) is 3.64. The van der Waals surface area contributed by atoms with Gasteiger partial charge in [-0.1, -0.05) is 18.2 Å². The van der Waals surface area contributed by atoms with E-state index in [9.17, 15) is 4.79 Å². The molecule has 1 heterocycles. The minimum absolute atomic E-state index is 0.0224. The van der Waals surface area contributed by atoms with Gasteiger partial charge in [0.05, 0.1) is 7.11 Å². The Morgan fingerprint density at radius 3 is 2.72 bits per heavy atom. The van der Waals surface area contributed by atoms with Crippen LogP contribution in [0.2, 0.25) is 0 Å². The molecular formula is C12H12N4O2. The van der Waals surface area contributed by atoms with E-state index in [4.69, 9.17) is 10.5 Å². The Labute approximate surface area is 104 Å². The maximum atomic E-state index is 11.3. The summed E-state index contributed by atoms with van der Waals surface area (Å²) in [4.78, 5) is 23.2. The molecule has 6 heteroatoms. The van der Waals surface area contributed by atoms with Crippen LogP contribution in [0.3, 0.4) is 0 Å². The summed E-state index contributed by atoms with van der Waals surface area (Å²) in [6, 6.07) is 7.13. The number of nitrogens with zero attached hydrogens (tertiary/aromatic N) is 3. The van der Waals surface area contributed by atoms with Gasteiger partial charge in [-0.15, -0.1) is 0 Å². The van der Waals surface area contributed by atoms with Gasteiger partial charge >= 0.3 is 6.01 Å². The fraction of sp³-hybridized carbons (Fsp3) is 0.167. The van der Waals surface area contributed by atoms with Crippen molar-refractivity contribution in [1.82, 2.24) is 15.0 Å². The molecule has 0 fully saturated rings. The Hall–Kier alpha value is -2.50. The number of Topliss-reactive ketones (excluding diaryl/α,β-unsaturated/α-hetero) is 1. The molecule has 0 saturated heterocycles. The van der Waals surface area contributed by atoms with Crippen molar-refractivity contribution in [3.05, 3.63) is 29.8 Å². The molecule has 18 heavy (non-hydrogen) atoms. The molecule has 1 aromatic heterocycles. The Morgan fingerprint density at radius 2 is 2.06 bits per heavy atom. The van der Waals surface area contributed by atoms with Gasteiger partial charge in [-0.3, -0.25) is 4.79 Å². The first-order valence-corrected chi connectivity index (χ1v) is 5.27. The van der Waals surface area contributed by atoms with Gasteiger partial charge in [0.15, 0.2) is 11.6 Å². The van der Waals surface area contributed by atoms with E-state index in [1.807, 2.05) is 0 Å². The van der Waals surface area contributed by atoms with E-state index in [0.29, 0.717) is 17.0 Å². The van der Waals surface area contributed by atoms with Crippen molar-refractivity contribution in [3.8, 4) is 17.4 Å². The normalized spacial score (nSPS) is 10.1. The van der Waals surface area contributed by atoms with Crippen LogP contribution in [0.4, 0.5) is 5.95 Å². The first-order chi connectivity index (χ1) is 8.60. The Balaban J connectivity index is 2.51. The lowest BCUT2D eigenvalue weighted by Gasteiger charge is -2.04. The number of nitrogens with two attached hydrogens (primary N) is 1. The summed E-state index contributed by atoms with van der Waals surface area (Å²) in [5, 5.41) is 0. The maximum absolute atomic E-state index is 11.3. The Kier molecular flexibility index (Phi) is 3.18. The zero-order chi connectivity index (χ0) is 13.1. The number of anilines is 1. The van der Waals surface area contributed by atoms with E-state index in [0.717, 1.165) is 0 Å². The van der Waals surface area contributed by atoms with Gasteiger partial charge in [-0.05, 0) is 13.0 Å². The highest BCUT2D eigenvalue weighted by Crippen LogP contribution is 2.19. The number of hydrogen-bond acceptors (Lipinski definition) is 6. The number of aromatic nitrogens is 3. The van der Waals surface area contributed by atoms with Crippen LogP contribution in [0.1, 0.15) is 17.3 Å². The highest BCUT2D eigenvalue weighted by atomic mass is 16.5. The monoisotopic (exact) mass is 244 g/mol. The van der Waals surface area contributed by atoms with E-state index < -0.39 is 0 Å². The number of carbonyl (C=O) groups is 1. The van der Waals surface area contributed by atoms with Gasteiger partial charge in [-0.2, -0.15) is 15.0 Å². The zero-order valence-corrected chi connectivity index (χ0v) is 10.0. The topological polar surface area (TPSA) is 91.0 Å². The van der Waals surface area contributed by atoms with Gasteiger partial charge in [-0.25, -0.2) is 0 Å². The third kappa shape index (κ3) is 2.42. The van der Waals surface area contributed by atoms with Crippen LogP contribution in [0.15, 0.2) is 24.3 Å². The number of methoxy groups -OCH3 is 1. The average molecular weight is 244 g/mol. The molecule has 0 bridgehead atoms. The molecule has 0 unspecified atom stereocenters. The molecule has 0 aliphatic heterocycles. The van der Waals surface area contributed by atoms with Crippen LogP contribution in [-0.4, -0.2) is 27.8 Å². The summed E-state index contributed by atoms with van der Waals surface area (Å²) < 4.78 is 4.93. The lowest BCUT2D eigenvalue weighted by Crippen LogP contribution is -2.03. The number of rotatable bonds is 3. The van der Waals surface area contributed by atoms with Crippen molar-refractivity contribution in [3.63, 3.8) is 0 Å². The van der Waals surface area contributed by atoms with Gasteiger partial charge in [0.2, 0.25) is 5.95 Å². The minimum Gasteiger partial charge on any atom is -0.467 e. The summed E-state index contributed by atoms with van der Waals surface area (Å²) in [6.45, 7) is 1.50. The molecule has 0 aliphatic carbocycles. The standard InChI is InChI=1S/C12H12N4O2/c1-7(17)8-4-3-5-9(6-8)10-14-11(13)16-12(15-10)18-2/h3-6H,1-2H3,(H2,13,14,15,16). The minimum atomic E-state index is -0.0224. The highest BCUT2D eigenvalue weighted by molar-refractivity contribution is 5.95. The molecule has 0 spiro atoms. The summed E-state index contributed by atoms with van der Waals surface area (Å²) in [6.07, 6.45) is 0. The molecule has 2 N–H and O–H groups in total. The van der Waals surface area contributed by atoms with Crippen LogP contribution < -0.4 is 10.5 Å². The fourth-order valence-corrected chi connectivity index (χ4v) is 1.47. The lowest BCUT2D eigenvalue weighted by atomic mass is 10.1. The van der Waals surface area contributed by atoms with Crippen LogP contribution in [0.5, 0.6) is 6.01 Å². The summed E-state index contributed by atoms with van der Waals surface area (Å²) >= 11 is 0. The Bertz CT molecular complexity index is 598. The third-order valence-corrected chi connectivity index (χ3v) is 2.34. The molecule has 2 aromatic rings. The predicted octanol–water partition coefficient (Wildman–Crippen LogP) is 1.33. The Morgan fingerprint density at radius 1 is 1.28 bits per heavy atom. The van der Waals surface area contributed by atoms with Crippen molar-refractivity contribution in [2.24, 2.45) is 0 Å². The summed E-state index contributed by atoms with van der Waals surface area (Å²) in [5.74, 6) is 0.429. The molecule has 6 nitrogen and oxygen atoms in total. The number of benzene rings is 1. The van der Waals surface area contributed by atoms with Crippen LogP contribution in [0.25, 0.3) is 11.4 Å². The van der Waals surface area contributed by atoms with Gasteiger partial charge in [0.1, 0.15) is 0 Å². The molecule has 92 valence electrons. The van der Waals surface area contributed by atoms with Crippen molar-refractivity contribution in [2.75, 3.05) is 12.8 Å². The second kappa shape index (κ2) is 4.79. The smallest absolute Gasteiger partial charge is 0.321 e. The number of nitrogen functional groups attached to an aromatic ring is 1. The van der Waals surface area contributed by atoms with Crippen molar-refractivity contribution in [1.29, 1.82) is 0 Å². The van der Waals surface area contributed by atoms with Gasteiger partial charge < -0.3 is 10.5 Å². The van der Waals surface area contributed by atoms with E-state index in [-0.39, 0.29) is 17.7 Å². The van der Waals surface area contributed by atoms with Gasteiger partial charge in [0.25, 0.3) is 0 Å².